The van der Waals surface area contributed by atoms with Crippen molar-refractivity contribution in [2.75, 3.05) is 30.9 Å². The third-order valence-electron chi connectivity index (χ3n) is 2.32. The first-order valence-corrected chi connectivity index (χ1v) is 5.64. The fourth-order valence-electron chi connectivity index (χ4n) is 1.45. The van der Waals surface area contributed by atoms with Gasteiger partial charge in [-0.05, 0) is 12.5 Å². The van der Waals surface area contributed by atoms with E-state index in [1.807, 2.05) is 25.1 Å². The van der Waals surface area contributed by atoms with E-state index in [0.717, 1.165) is 18.7 Å². The van der Waals surface area contributed by atoms with Crippen LogP contribution in [-0.4, -0.2) is 36.6 Å². The van der Waals surface area contributed by atoms with Gasteiger partial charge in [0.2, 0.25) is 5.95 Å². The predicted octanol–water partition coefficient (Wildman–Crippen LogP) is 1.08. The highest BCUT2D eigenvalue weighted by atomic mass is 15.2. The van der Waals surface area contributed by atoms with E-state index in [1.165, 1.54) is 0 Å². The summed E-state index contributed by atoms with van der Waals surface area (Å²) < 4.78 is 0. The van der Waals surface area contributed by atoms with Gasteiger partial charge < -0.3 is 16.0 Å². The van der Waals surface area contributed by atoms with Gasteiger partial charge in [0.1, 0.15) is 5.82 Å². The molecule has 0 radical (unpaired) electrons. The average molecular weight is 223 g/mol. The van der Waals surface area contributed by atoms with E-state index in [-0.39, 0.29) is 6.04 Å². The Labute approximate surface area is 97.1 Å². The summed E-state index contributed by atoms with van der Waals surface area (Å²) in [6.07, 6.45) is 3.92. The van der Waals surface area contributed by atoms with Gasteiger partial charge in [-0.3, -0.25) is 0 Å². The van der Waals surface area contributed by atoms with Crippen molar-refractivity contribution in [3.63, 3.8) is 0 Å². The Bertz CT molecular complexity index is 313. The third-order valence-corrected chi connectivity index (χ3v) is 2.32. The van der Waals surface area contributed by atoms with Crippen LogP contribution in [0.5, 0.6) is 0 Å². The van der Waals surface area contributed by atoms with Crippen LogP contribution in [0.1, 0.15) is 19.8 Å². The first-order valence-electron chi connectivity index (χ1n) is 5.64. The Kier molecular flexibility index (Phi) is 4.98. The van der Waals surface area contributed by atoms with Gasteiger partial charge >= 0.3 is 0 Å². The number of nitrogens with two attached hydrogens (primary N) is 1. The van der Waals surface area contributed by atoms with E-state index in [9.17, 15) is 0 Å². The lowest BCUT2D eigenvalue weighted by atomic mass is 10.2. The maximum atomic E-state index is 5.69. The molecule has 0 saturated carbocycles. The molecule has 0 bridgehead atoms. The number of aromatic nitrogens is 2. The summed E-state index contributed by atoms with van der Waals surface area (Å²) in [5.74, 6) is 1.54. The van der Waals surface area contributed by atoms with Crippen LogP contribution in [0.3, 0.4) is 0 Å². The van der Waals surface area contributed by atoms with Crippen molar-refractivity contribution in [2.24, 2.45) is 5.73 Å². The van der Waals surface area contributed by atoms with Crippen LogP contribution in [-0.2, 0) is 0 Å². The van der Waals surface area contributed by atoms with Gasteiger partial charge in [0.15, 0.2) is 0 Å². The molecule has 0 aliphatic carbocycles. The number of anilines is 2. The van der Waals surface area contributed by atoms with Crippen molar-refractivity contribution in [1.29, 1.82) is 0 Å². The Morgan fingerprint density at radius 2 is 2.25 bits per heavy atom. The van der Waals surface area contributed by atoms with Crippen molar-refractivity contribution < 1.29 is 0 Å². The van der Waals surface area contributed by atoms with E-state index in [1.54, 1.807) is 6.20 Å². The van der Waals surface area contributed by atoms with Gasteiger partial charge in [0.05, 0.1) is 0 Å². The van der Waals surface area contributed by atoms with Crippen LogP contribution in [0.2, 0.25) is 0 Å². The molecule has 1 heterocycles. The lowest BCUT2D eigenvalue weighted by Gasteiger charge is -2.17. The maximum absolute atomic E-state index is 5.69. The van der Waals surface area contributed by atoms with E-state index < -0.39 is 0 Å². The molecule has 0 saturated heterocycles. The number of nitrogens with one attached hydrogen (secondary N) is 1. The summed E-state index contributed by atoms with van der Waals surface area (Å²) in [5, 5.41) is 3.32. The molecule has 90 valence electrons. The predicted molar refractivity (Wildman–Crippen MR) is 67.7 cm³/mol. The van der Waals surface area contributed by atoms with Gasteiger partial charge in [-0.15, -0.1) is 0 Å². The standard InChI is InChI=1S/C11H21N5/c1-4-5-9(8-12)14-10-6-7-13-11(15-10)16(2)3/h6-7,9H,4-5,8,12H2,1-3H3,(H,13,14,15). The van der Waals surface area contributed by atoms with E-state index >= 15 is 0 Å². The molecule has 3 N–H and O–H groups in total. The molecule has 0 aromatic carbocycles. The normalized spacial score (nSPS) is 12.2. The molecular weight excluding hydrogens is 202 g/mol. The first-order chi connectivity index (χ1) is 7.67. The SMILES string of the molecule is CCCC(CN)Nc1ccnc(N(C)C)n1. The zero-order chi connectivity index (χ0) is 12.0. The van der Waals surface area contributed by atoms with Gasteiger partial charge in [0.25, 0.3) is 0 Å². The molecule has 1 atom stereocenters. The average Bonchev–Trinajstić information content (AvgIpc) is 2.29. The van der Waals surface area contributed by atoms with Crippen LogP contribution in [0.4, 0.5) is 11.8 Å². The molecule has 0 amide bonds. The van der Waals surface area contributed by atoms with Crippen molar-refractivity contribution in [3.8, 4) is 0 Å². The molecule has 0 fully saturated rings. The lowest BCUT2D eigenvalue weighted by Crippen LogP contribution is -2.29. The molecule has 5 heteroatoms. The number of nitrogens with zero attached hydrogens (tertiary/aromatic N) is 3. The summed E-state index contributed by atoms with van der Waals surface area (Å²) in [6.45, 7) is 2.77. The Balaban J connectivity index is 2.68. The van der Waals surface area contributed by atoms with Crippen molar-refractivity contribution >= 4 is 11.8 Å². The smallest absolute Gasteiger partial charge is 0.226 e. The summed E-state index contributed by atoms with van der Waals surface area (Å²) >= 11 is 0. The Morgan fingerprint density at radius 1 is 1.50 bits per heavy atom. The van der Waals surface area contributed by atoms with E-state index in [4.69, 9.17) is 5.73 Å². The molecule has 1 aromatic rings. The highest BCUT2D eigenvalue weighted by Crippen LogP contribution is 2.10. The summed E-state index contributed by atoms with van der Waals surface area (Å²) in [6, 6.07) is 2.15. The van der Waals surface area contributed by atoms with Gasteiger partial charge in [-0.2, -0.15) is 4.98 Å². The van der Waals surface area contributed by atoms with Crippen LogP contribution in [0.25, 0.3) is 0 Å². The molecule has 1 rings (SSSR count). The third kappa shape index (κ3) is 3.66. The van der Waals surface area contributed by atoms with Crippen LogP contribution < -0.4 is 16.0 Å². The minimum atomic E-state index is 0.287. The van der Waals surface area contributed by atoms with Gasteiger partial charge in [-0.25, -0.2) is 4.98 Å². The number of rotatable bonds is 6. The maximum Gasteiger partial charge on any atom is 0.226 e. The number of hydrogen-bond acceptors (Lipinski definition) is 5. The van der Waals surface area contributed by atoms with Crippen LogP contribution in [0.15, 0.2) is 12.3 Å². The molecule has 0 aliphatic rings. The lowest BCUT2D eigenvalue weighted by molar-refractivity contribution is 0.645. The molecular formula is C11H21N5. The summed E-state index contributed by atoms with van der Waals surface area (Å²) in [5.41, 5.74) is 5.69. The molecule has 0 spiro atoms. The van der Waals surface area contributed by atoms with Gasteiger partial charge in [-0.1, -0.05) is 13.3 Å². The minimum absolute atomic E-state index is 0.287. The zero-order valence-corrected chi connectivity index (χ0v) is 10.3. The highest BCUT2D eigenvalue weighted by Gasteiger charge is 2.07. The van der Waals surface area contributed by atoms with Gasteiger partial charge in [0, 0.05) is 32.9 Å². The van der Waals surface area contributed by atoms with Crippen LogP contribution >= 0.6 is 0 Å². The Hall–Kier alpha value is -1.36. The fraction of sp³-hybridized carbons (Fsp3) is 0.636. The van der Waals surface area contributed by atoms with Crippen LogP contribution in [0, 0.1) is 0 Å². The second kappa shape index (κ2) is 6.27. The summed E-state index contributed by atoms with van der Waals surface area (Å²) in [4.78, 5) is 10.4. The first kappa shape index (κ1) is 12.7. The van der Waals surface area contributed by atoms with E-state index in [0.29, 0.717) is 12.5 Å². The van der Waals surface area contributed by atoms with Crippen molar-refractivity contribution in [3.05, 3.63) is 12.3 Å². The molecule has 1 aromatic heterocycles. The zero-order valence-electron chi connectivity index (χ0n) is 10.3. The monoisotopic (exact) mass is 223 g/mol. The second-order valence-electron chi connectivity index (χ2n) is 4.00. The Morgan fingerprint density at radius 3 is 2.81 bits per heavy atom. The van der Waals surface area contributed by atoms with E-state index in [2.05, 4.69) is 22.2 Å². The molecule has 0 aliphatic heterocycles. The summed E-state index contributed by atoms with van der Waals surface area (Å²) in [7, 11) is 3.84. The topological polar surface area (TPSA) is 67.1 Å². The minimum Gasteiger partial charge on any atom is -0.366 e. The molecule has 5 nitrogen and oxygen atoms in total. The fourth-order valence-corrected chi connectivity index (χ4v) is 1.45. The highest BCUT2D eigenvalue weighted by molar-refractivity contribution is 5.41. The largest absolute Gasteiger partial charge is 0.366 e. The number of hydrogen-bond donors (Lipinski definition) is 2. The quantitative estimate of drug-likeness (QED) is 0.755. The molecule has 1 unspecified atom stereocenters. The van der Waals surface area contributed by atoms with Crippen molar-refractivity contribution in [1.82, 2.24) is 9.97 Å². The second-order valence-corrected chi connectivity index (χ2v) is 4.00. The van der Waals surface area contributed by atoms with Crippen molar-refractivity contribution in [2.45, 2.75) is 25.8 Å². The molecule has 16 heavy (non-hydrogen) atoms.